The summed E-state index contributed by atoms with van der Waals surface area (Å²) in [6, 6.07) is 15.7. The molecule has 2 heterocycles. The van der Waals surface area contributed by atoms with Gasteiger partial charge in [-0.2, -0.15) is 9.41 Å². The predicted octanol–water partition coefficient (Wildman–Crippen LogP) is 3.89. The number of hydrazone groups is 1. The lowest BCUT2D eigenvalue weighted by atomic mass is 9.98. The third-order valence-corrected chi connectivity index (χ3v) is 8.67. The van der Waals surface area contributed by atoms with Crippen molar-refractivity contribution in [3.05, 3.63) is 89.2 Å². The van der Waals surface area contributed by atoms with E-state index in [1.165, 1.54) is 4.31 Å². The van der Waals surface area contributed by atoms with Crippen molar-refractivity contribution in [1.82, 2.24) is 14.7 Å². The number of sulfonamides is 1. The van der Waals surface area contributed by atoms with Crippen molar-refractivity contribution in [3.63, 3.8) is 0 Å². The number of amides is 2. The molecule has 2 N–H and O–H groups in total. The molecule has 4 rings (SSSR count). The second-order valence-electron chi connectivity index (χ2n) is 9.39. The minimum Gasteiger partial charge on any atom is -0.322 e. The number of pyridine rings is 1. The Bertz CT molecular complexity index is 1450. The van der Waals surface area contributed by atoms with Gasteiger partial charge in [-0.1, -0.05) is 29.8 Å². The van der Waals surface area contributed by atoms with Gasteiger partial charge >= 0.3 is 0 Å². The first-order valence-corrected chi connectivity index (χ1v) is 13.8. The maximum absolute atomic E-state index is 13.1. The van der Waals surface area contributed by atoms with Gasteiger partial charge in [0.1, 0.15) is 0 Å². The fourth-order valence-corrected chi connectivity index (χ4v) is 6.06. The van der Waals surface area contributed by atoms with Crippen LogP contribution >= 0.6 is 0 Å². The van der Waals surface area contributed by atoms with E-state index in [9.17, 15) is 18.0 Å². The molecule has 1 saturated heterocycles. The van der Waals surface area contributed by atoms with Crippen LogP contribution in [0, 0.1) is 19.8 Å². The number of carbonyl (C=O) groups excluding carboxylic acids is 2. The van der Waals surface area contributed by atoms with Crippen molar-refractivity contribution in [2.24, 2.45) is 11.0 Å². The lowest BCUT2D eigenvalue weighted by molar-refractivity contribution is -0.126. The topological polar surface area (TPSA) is 121 Å². The molecule has 1 fully saturated rings. The predicted molar refractivity (Wildman–Crippen MR) is 146 cm³/mol. The lowest BCUT2D eigenvalue weighted by Crippen LogP contribution is -2.42. The highest BCUT2D eigenvalue weighted by Gasteiger charge is 2.32. The smallest absolute Gasteiger partial charge is 0.255 e. The molecule has 2 amide bonds. The van der Waals surface area contributed by atoms with Crippen LogP contribution in [0.25, 0.3) is 0 Å². The van der Waals surface area contributed by atoms with Crippen LogP contribution in [0.4, 0.5) is 5.69 Å². The van der Waals surface area contributed by atoms with Crippen molar-refractivity contribution in [2.45, 2.75) is 38.5 Å². The fourth-order valence-electron chi connectivity index (χ4n) is 4.38. The lowest BCUT2D eigenvalue weighted by Gasteiger charge is -2.30. The molecule has 198 valence electrons. The maximum atomic E-state index is 13.1. The van der Waals surface area contributed by atoms with Crippen molar-refractivity contribution >= 4 is 33.2 Å². The van der Waals surface area contributed by atoms with Crippen molar-refractivity contribution in [2.75, 3.05) is 18.4 Å². The largest absolute Gasteiger partial charge is 0.322 e. The van der Waals surface area contributed by atoms with Gasteiger partial charge in [0.05, 0.1) is 10.6 Å². The van der Waals surface area contributed by atoms with E-state index in [4.69, 9.17) is 0 Å². The third-order valence-electron chi connectivity index (χ3n) is 6.61. The summed E-state index contributed by atoms with van der Waals surface area (Å²) < 4.78 is 27.7. The number of rotatable bonds is 7. The Hall–Kier alpha value is -3.89. The molecule has 0 atom stereocenters. The number of hydrogen-bond acceptors (Lipinski definition) is 6. The minimum atomic E-state index is -3.60. The van der Waals surface area contributed by atoms with Gasteiger partial charge in [-0.25, -0.2) is 13.8 Å². The number of carbonyl (C=O) groups is 2. The Kier molecular flexibility index (Phi) is 8.33. The molecule has 0 aliphatic carbocycles. The summed E-state index contributed by atoms with van der Waals surface area (Å²) in [5.74, 6) is -0.775. The highest BCUT2D eigenvalue weighted by atomic mass is 32.2. The molecule has 9 nitrogen and oxygen atoms in total. The molecule has 0 radical (unpaired) electrons. The second-order valence-corrected chi connectivity index (χ2v) is 11.3. The number of anilines is 1. The van der Waals surface area contributed by atoms with Crippen LogP contribution in [-0.2, 0) is 14.8 Å². The fraction of sp³-hybridized carbons (Fsp3) is 0.286. The summed E-state index contributed by atoms with van der Waals surface area (Å²) in [5.41, 5.74) is 6.91. The average Bonchev–Trinajstić information content (AvgIpc) is 2.92. The summed E-state index contributed by atoms with van der Waals surface area (Å²) in [4.78, 5) is 29.2. The van der Waals surface area contributed by atoms with Crippen molar-refractivity contribution in [1.29, 1.82) is 0 Å². The summed E-state index contributed by atoms with van der Waals surface area (Å²) in [6.07, 6.45) is 3.97. The van der Waals surface area contributed by atoms with Gasteiger partial charge in [0.2, 0.25) is 15.9 Å². The van der Waals surface area contributed by atoms with Crippen LogP contribution in [-0.4, -0.2) is 48.3 Å². The Balaban J connectivity index is 1.30. The molecule has 38 heavy (non-hydrogen) atoms. The first kappa shape index (κ1) is 27.2. The molecular formula is C28H31N5O4S. The molecule has 0 bridgehead atoms. The van der Waals surface area contributed by atoms with Crippen LogP contribution in [0.5, 0.6) is 0 Å². The van der Waals surface area contributed by atoms with Gasteiger partial charge in [-0.15, -0.1) is 0 Å². The highest BCUT2D eigenvalue weighted by molar-refractivity contribution is 7.89. The quantitative estimate of drug-likeness (QED) is 0.353. The number of aromatic nitrogens is 1. The van der Waals surface area contributed by atoms with Crippen LogP contribution in [0.3, 0.4) is 0 Å². The van der Waals surface area contributed by atoms with E-state index in [2.05, 4.69) is 20.8 Å². The molecule has 0 saturated carbocycles. The minimum absolute atomic E-state index is 0.228. The number of nitrogens with one attached hydrogen (secondary N) is 2. The van der Waals surface area contributed by atoms with Gasteiger partial charge in [0, 0.05) is 42.7 Å². The zero-order valence-corrected chi connectivity index (χ0v) is 22.5. The third kappa shape index (κ3) is 6.32. The first-order chi connectivity index (χ1) is 18.1. The molecule has 1 aromatic heterocycles. The van der Waals surface area contributed by atoms with Crippen molar-refractivity contribution in [3.8, 4) is 0 Å². The van der Waals surface area contributed by atoms with Crippen LogP contribution in [0.15, 0.2) is 77.0 Å². The van der Waals surface area contributed by atoms with Gasteiger partial charge in [0.25, 0.3) is 5.91 Å². The molecule has 1 aliphatic rings. The van der Waals surface area contributed by atoms with Crippen molar-refractivity contribution < 1.29 is 18.0 Å². The second kappa shape index (κ2) is 11.7. The van der Waals surface area contributed by atoms with Gasteiger partial charge in [-0.05, 0) is 75.1 Å². The normalized spacial score (nSPS) is 15.2. The monoisotopic (exact) mass is 533 g/mol. The number of piperidine rings is 1. The number of hydrogen-bond donors (Lipinski definition) is 2. The Labute approximate surface area is 223 Å². The standard InChI is InChI=1S/C28H31N5O4S/c1-19-4-9-26(20(2)18-19)38(36,37)33-16-12-24(13-17-33)28(35)32-31-21(3)22-5-7-25(8-6-22)30-27(34)23-10-14-29-15-11-23/h4-11,14-15,18,24H,12-13,16-17H2,1-3H3,(H,30,34)(H,32,35). The van der Waals surface area contributed by atoms with E-state index >= 15 is 0 Å². The van der Waals surface area contributed by atoms with E-state index in [-0.39, 0.29) is 30.8 Å². The Morgan fingerprint density at radius 3 is 2.24 bits per heavy atom. The summed E-state index contributed by atoms with van der Waals surface area (Å²) in [6.45, 7) is 6.07. The molecule has 10 heteroatoms. The number of nitrogens with zero attached hydrogens (tertiary/aromatic N) is 3. The highest BCUT2D eigenvalue weighted by Crippen LogP contribution is 2.26. The van der Waals surface area contributed by atoms with Crippen LogP contribution in [0.2, 0.25) is 0 Å². The number of benzene rings is 2. The zero-order valence-electron chi connectivity index (χ0n) is 21.6. The van der Waals surface area contributed by atoms with E-state index in [1.807, 2.05) is 25.1 Å². The van der Waals surface area contributed by atoms with Gasteiger partial charge < -0.3 is 5.32 Å². The van der Waals surface area contributed by atoms with Gasteiger partial charge in [-0.3, -0.25) is 14.6 Å². The molecule has 2 aromatic carbocycles. The van der Waals surface area contributed by atoms with E-state index < -0.39 is 10.0 Å². The summed E-state index contributed by atoms with van der Waals surface area (Å²) >= 11 is 0. The molecular weight excluding hydrogens is 502 g/mol. The maximum Gasteiger partial charge on any atom is 0.255 e. The van der Waals surface area contributed by atoms with Gasteiger partial charge in [0.15, 0.2) is 0 Å². The Morgan fingerprint density at radius 1 is 0.947 bits per heavy atom. The first-order valence-electron chi connectivity index (χ1n) is 12.4. The molecule has 1 aliphatic heterocycles. The molecule has 0 spiro atoms. The molecule has 0 unspecified atom stereocenters. The average molecular weight is 534 g/mol. The summed E-state index contributed by atoms with van der Waals surface area (Å²) in [5, 5.41) is 7.06. The van der Waals surface area contributed by atoms with E-state index in [0.29, 0.717) is 34.7 Å². The Morgan fingerprint density at radius 2 is 1.61 bits per heavy atom. The van der Waals surface area contributed by atoms with Crippen LogP contribution < -0.4 is 10.7 Å². The van der Waals surface area contributed by atoms with E-state index in [1.54, 1.807) is 62.6 Å². The number of aryl methyl sites for hydroxylation is 2. The molecule has 3 aromatic rings. The summed E-state index contributed by atoms with van der Waals surface area (Å²) in [7, 11) is -3.60. The SMILES string of the molecule is CC(=NNC(=O)C1CCN(S(=O)(=O)c2ccc(C)cc2C)CC1)c1ccc(NC(=O)c2ccncc2)cc1. The zero-order chi connectivity index (χ0) is 27.3. The van der Waals surface area contributed by atoms with E-state index in [0.717, 1.165) is 16.7 Å². The van der Waals surface area contributed by atoms with Crippen LogP contribution in [0.1, 0.15) is 46.8 Å².